The second-order valence-electron chi connectivity index (χ2n) is 6.88. The molecule has 1 heterocycles. The molecular formula is C14H24N2O2. The van der Waals surface area contributed by atoms with Gasteiger partial charge in [-0.15, -0.1) is 0 Å². The molecule has 0 aromatic carbocycles. The second-order valence-corrected chi connectivity index (χ2v) is 6.88. The summed E-state index contributed by atoms with van der Waals surface area (Å²) in [6.07, 6.45) is 5.20. The van der Waals surface area contributed by atoms with Gasteiger partial charge in [-0.1, -0.05) is 26.7 Å². The fourth-order valence-corrected chi connectivity index (χ4v) is 4.14. The normalized spacial score (nSPS) is 40.1. The number of amides is 1. The van der Waals surface area contributed by atoms with E-state index in [2.05, 4.69) is 19.2 Å². The molecule has 3 atom stereocenters. The average molecular weight is 252 g/mol. The quantitative estimate of drug-likeness (QED) is 0.776. The Morgan fingerprint density at radius 3 is 2.67 bits per heavy atom. The summed E-state index contributed by atoms with van der Waals surface area (Å²) in [5.41, 5.74) is 5.65. The molecule has 1 saturated heterocycles. The Kier molecular flexibility index (Phi) is 2.72. The standard InChI is InChI=1S/C14H24N2O2/c1-13(2)10(9-5-8-18-11(9)13)16-12(17)14(15)6-3-4-7-14/h9-11H,3-8,15H2,1-2H3,(H,16,17). The van der Waals surface area contributed by atoms with E-state index in [9.17, 15) is 4.79 Å². The number of ether oxygens (including phenoxy) is 1. The summed E-state index contributed by atoms with van der Waals surface area (Å²) in [6, 6.07) is 0.235. The van der Waals surface area contributed by atoms with Crippen LogP contribution in [-0.4, -0.2) is 30.2 Å². The summed E-state index contributed by atoms with van der Waals surface area (Å²) in [7, 11) is 0. The minimum absolute atomic E-state index is 0.0474. The molecule has 3 fully saturated rings. The predicted molar refractivity (Wildman–Crippen MR) is 68.9 cm³/mol. The van der Waals surface area contributed by atoms with Gasteiger partial charge in [-0.3, -0.25) is 4.79 Å². The first kappa shape index (κ1) is 12.4. The Labute approximate surface area is 109 Å². The molecule has 0 radical (unpaired) electrons. The van der Waals surface area contributed by atoms with E-state index in [0.717, 1.165) is 38.7 Å². The molecule has 3 unspecified atom stereocenters. The van der Waals surface area contributed by atoms with E-state index in [-0.39, 0.29) is 17.4 Å². The van der Waals surface area contributed by atoms with Crippen LogP contribution in [0, 0.1) is 11.3 Å². The molecule has 0 spiro atoms. The molecule has 3 rings (SSSR count). The van der Waals surface area contributed by atoms with Crippen LogP contribution >= 0.6 is 0 Å². The van der Waals surface area contributed by atoms with E-state index in [1.54, 1.807) is 0 Å². The summed E-state index contributed by atoms with van der Waals surface area (Å²) in [5.74, 6) is 0.553. The summed E-state index contributed by atoms with van der Waals surface area (Å²) in [6.45, 7) is 5.20. The van der Waals surface area contributed by atoms with Crippen LogP contribution in [0.2, 0.25) is 0 Å². The fourth-order valence-electron chi connectivity index (χ4n) is 4.14. The second kappa shape index (κ2) is 3.94. The van der Waals surface area contributed by atoms with Crippen LogP contribution in [0.5, 0.6) is 0 Å². The first-order valence-corrected chi connectivity index (χ1v) is 7.17. The lowest BCUT2D eigenvalue weighted by atomic mass is 9.57. The molecule has 4 heteroatoms. The van der Waals surface area contributed by atoms with Crippen molar-refractivity contribution in [2.45, 2.75) is 63.6 Å². The summed E-state index contributed by atoms with van der Waals surface area (Å²) in [4.78, 5) is 12.4. The molecule has 102 valence electrons. The van der Waals surface area contributed by atoms with Crippen molar-refractivity contribution in [3.63, 3.8) is 0 Å². The van der Waals surface area contributed by atoms with Gasteiger partial charge in [-0.05, 0) is 19.3 Å². The molecular weight excluding hydrogens is 228 g/mol. The minimum Gasteiger partial charge on any atom is -0.377 e. The summed E-state index contributed by atoms with van der Waals surface area (Å²) < 4.78 is 5.75. The van der Waals surface area contributed by atoms with E-state index < -0.39 is 5.54 Å². The molecule has 3 N–H and O–H groups in total. The van der Waals surface area contributed by atoms with Crippen LogP contribution in [-0.2, 0) is 9.53 Å². The molecule has 2 aliphatic carbocycles. The predicted octanol–water partition coefficient (Wildman–Crippen LogP) is 1.19. The van der Waals surface area contributed by atoms with E-state index in [1.807, 2.05) is 0 Å². The molecule has 1 aliphatic heterocycles. The number of carbonyl (C=O) groups excluding carboxylic acids is 1. The lowest BCUT2D eigenvalue weighted by Gasteiger charge is -2.55. The van der Waals surface area contributed by atoms with Gasteiger partial charge < -0.3 is 15.8 Å². The van der Waals surface area contributed by atoms with Crippen LogP contribution in [0.15, 0.2) is 0 Å². The Morgan fingerprint density at radius 2 is 2.00 bits per heavy atom. The minimum atomic E-state index is -0.610. The number of carbonyl (C=O) groups is 1. The zero-order chi connectivity index (χ0) is 13.0. The maximum absolute atomic E-state index is 12.4. The zero-order valence-electron chi connectivity index (χ0n) is 11.4. The highest BCUT2D eigenvalue weighted by Gasteiger charge is 2.60. The smallest absolute Gasteiger partial charge is 0.240 e. The highest BCUT2D eigenvalue weighted by Crippen LogP contribution is 2.52. The van der Waals surface area contributed by atoms with Crippen molar-refractivity contribution in [1.29, 1.82) is 0 Å². The third-order valence-electron chi connectivity index (χ3n) is 5.34. The van der Waals surface area contributed by atoms with Crippen molar-refractivity contribution in [3.05, 3.63) is 0 Å². The van der Waals surface area contributed by atoms with E-state index in [1.165, 1.54) is 0 Å². The monoisotopic (exact) mass is 252 g/mol. The van der Waals surface area contributed by atoms with Crippen LogP contribution in [0.1, 0.15) is 46.0 Å². The average Bonchev–Trinajstić information content (AvgIpc) is 2.93. The third kappa shape index (κ3) is 1.62. The van der Waals surface area contributed by atoms with Crippen molar-refractivity contribution in [1.82, 2.24) is 5.32 Å². The number of nitrogens with two attached hydrogens (primary N) is 1. The van der Waals surface area contributed by atoms with E-state index in [4.69, 9.17) is 10.5 Å². The van der Waals surface area contributed by atoms with Gasteiger partial charge in [0, 0.05) is 24.0 Å². The molecule has 4 nitrogen and oxygen atoms in total. The SMILES string of the molecule is CC1(C)C(NC(=O)C2(N)CCCC2)C2CCOC21. The largest absolute Gasteiger partial charge is 0.377 e. The van der Waals surface area contributed by atoms with Crippen LogP contribution < -0.4 is 11.1 Å². The number of hydrogen-bond donors (Lipinski definition) is 2. The van der Waals surface area contributed by atoms with Crippen molar-refractivity contribution in [2.75, 3.05) is 6.61 Å². The van der Waals surface area contributed by atoms with E-state index >= 15 is 0 Å². The topological polar surface area (TPSA) is 64.4 Å². The highest BCUT2D eigenvalue weighted by molar-refractivity contribution is 5.86. The molecule has 0 aromatic heterocycles. The molecule has 2 saturated carbocycles. The van der Waals surface area contributed by atoms with Gasteiger partial charge in [-0.25, -0.2) is 0 Å². The third-order valence-corrected chi connectivity index (χ3v) is 5.34. The lowest BCUT2D eigenvalue weighted by molar-refractivity contribution is -0.142. The molecule has 1 amide bonds. The Bertz CT molecular complexity index is 361. The summed E-state index contributed by atoms with van der Waals surface area (Å²) in [5, 5.41) is 3.22. The number of nitrogens with one attached hydrogen (secondary N) is 1. The van der Waals surface area contributed by atoms with Gasteiger partial charge in [-0.2, -0.15) is 0 Å². The molecule has 3 aliphatic rings. The van der Waals surface area contributed by atoms with Crippen LogP contribution in [0.3, 0.4) is 0 Å². The van der Waals surface area contributed by atoms with Gasteiger partial charge in [0.1, 0.15) is 0 Å². The molecule has 0 aromatic rings. The molecule has 18 heavy (non-hydrogen) atoms. The first-order valence-electron chi connectivity index (χ1n) is 7.17. The van der Waals surface area contributed by atoms with Gasteiger partial charge in [0.2, 0.25) is 5.91 Å². The first-order chi connectivity index (χ1) is 8.45. The van der Waals surface area contributed by atoms with Crippen molar-refractivity contribution in [3.8, 4) is 0 Å². The van der Waals surface area contributed by atoms with Gasteiger partial charge in [0.05, 0.1) is 11.6 Å². The van der Waals surface area contributed by atoms with Crippen molar-refractivity contribution >= 4 is 5.91 Å². The van der Waals surface area contributed by atoms with Gasteiger partial charge in [0.15, 0.2) is 0 Å². The summed E-state index contributed by atoms with van der Waals surface area (Å²) >= 11 is 0. The Morgan fingerprint density at radius 1 is 1.33 bits per heavy atom. The zero-order valence-corrected chi connectivity index (χ0v) is 11.4. The van der Waals surface area contributed by atoms with Crippen molar-refractivity contribution < 1.29 is 9.53 Å². The molecule has 0 bridgehead atoms. The number of hydrogen-bond acceptors (Lipinski definition) is 3. The Hall–Kier alpha value is -0.610. The fraction of sp³-hybridized carbons (Fsp3) is 0.929. The number of fused-ring (bicyclic) bond motifs is 1. The van der Waals surface area contributed by atoms with Gasteiger partial charge in [0.25, 0.3) is 0 Å². The van der Waals surface area contributed by atoms with E-state index in [0.29, 0.717) is 12.0 Å². The Balaban J connectivity index is 1.68. The maximum Gasteiger partial charge on any atom is 0.240 e. The highest BCUT2D eigenvalue weighted by atomic mass is 16.5. The van der Waals surface area contributed by atoms with Crippen molar-refractivity contribution in [2.24, 2.45) is 17.1 Å². The lowest BCUT2D eigenvalue weighted by Crippen LogP contribution is -2.69. The maximum atomic E-state index is 12.4. The van der Waals surface area contributed by atoms with Gasteiger partial charge >= 0.3 is 0 Å². The number of rotatable bonds is 2. The van der Waals surface area contributed by atoms with Crippen LogP contribution in [0.4, 0.5) is 0 Å². The van der Waals surface area contributed by atoms with Crippen LogP contribution in [0.25, 0.3) is 0 Å².